The first-order chi connectivity index (χ1) is 8.45. The van der Waals surface area contributed by atoms with Crippen LogP contribution in [0.3, 0.4) is 0 Å². The molecule has 1 aromatic rings. The number of pyridine rings is 1. The molecule has 3 N–H and O–H groups in total. The van der Waals surface area contributed by atoms with E-state index in [0.717, 1.165) is 13.0 Å². The van der Waals surface area contributed by atoms with Crippen molar-refractivity contribution in [3.8, 4) is 0 Å². The maximum absolute atomic E-state index is 11.6. The van der Waals surface area contributed by atoms with Crippen LogP contribution in [0.15, 0.2) is 24.5 Å². The summed E-state index contributed by atoms with van der Waals surface area (Å²) >= 11 is 0. The zero-order valence-electron chi connectivity index (χ0n) is 11.3. The van der Waals surface area contributed by atoms with Gasteiger partial charge in [0.15, 0.2) is 0 Å². The third-order valence-electron chi connectivity index (χ3n) is 2.94. The quantitative estimate of drug-likeness (QED) is 0.440. The van der Waals surface area contributed by atoms with E-state index in [1.165, 1.54) is 5.56 Å². The minimum absolute atomic E-state index is 0.140. The lowest BCUT2D eigenvalue weighted by Crippen LogP contribution is -2.46. The number of hydrogen-bond donors (Lipinski definition) is 2. The molecule has 1 rings (SSSR count). The number of carbonyl (C=O) groups excluding carboxylic acids is 1. The third-order valence-corrected chi connectivity index (χ3v) is 2.94. The molecular formula is C13H22N4O. The highest BCUT2D eigenvalue weighted by molar-refractivity contribution is 5.81. The molecule has 100 valence electrons. The Kier molecular flexibility index (Phi) is 5.25. The first-order valence-electron chi connectivity index (χ1n) is 6.04. The highest BCUT2D eigenvalue weighted by Gasteiger charge is 2.28. The summed E-state index contributed by atoms with van der Waals surface area (Å²) in [5, 5.41) is 0. The zero-order chi connectivity index (χ0) is 13.6. The summed E-state index contributed by atoms with van der Waals surface area (Å²) in [7, 11) is 2.01. The largest absolute Gasteiger partial charge is 0.305 e. The van der Waals surface area contributed by atoms with Gasteiger partial charge in [0.2, 0.25) is 5.91 Å². The van der Waals surface area contributed by atoms with E-state index in [2.05, 4.69) is 15.3 Å². The standard InChI is InChI=1S/C13H22N4O/c1-13(2,12(18)16-14)10-17(3)9-6-11-4-7-15-8-5-11/h4-5,7-8H,6,9-10,14H2,1-3H3,(H,16,18). The molecule has 0 aliphatic heterocycles. The van der Waals surface area contributed by atoms with Crippen molar-refractivity contribution in [2.24, 2.45) is 11.3 Å². The van der Waals surface area contributed by atoms with Crippen molar-refractivity contribution in [2.45, 2.75) is 20.3 Å². The van der Waals surface area contributed by atoms with Crippen LogP contribution in [-0.4, -0.2) is 35.9 Å². The number of amides is 1. The summed E-state index contributed by atoms with van der Waals surface area (Å²) in [6.45, 7) is 5.34. The Morgan fingerprint density at radius 1 is 1.44 bits per heavy atom. The zero-order valence-corrected chi connectivity index (χ0v) is 11.3. The summed E-state index contributed by atoms with van der Waals surface area (Å²) in [6, 6.07) is 4.01. The summed E-state index contributed by atoms with van der Waals surface area (Å²) in [6.07, 6.45) is 4.53. The molecule has 5 nitrogen and oxygen atoms in total. The van der Waals surface area contributed by atoms with Crippen molar-refractivity contribution >= 4 is 5.91 Å². The summed E-state index contributed by atoms with van der Waals surface area (Å²) in [5.41, 5.74) is 2.97. The van der Waals surface area contributed by atoms with Crippen molar-refractivity contribution in [1.29, 1.82) is 0 Å². The number of nitrogens with zero attached hydrogens (tertiary/aromatic N) is 2. The van der Waals surface area contributed by atoms with Gasteiger partial charge in [-0.25, -0.2) is 5.84 Å². The van der Waals surface area contributed by atoms with Gasteiger partial charge in [-0.1, -0.05) is 0 Å². The smallest absolute Gasteiger partial charge is 0.240 e. The number of aromatic nitrogens is 1. The number of hydrogen-bond acceptors (Lipinski definition) is 4. The van der Waals surface area contributed by atoms with Crippen molar-refractivity contribution < 1.29 is 4.79 Å². The first kappa shape index (κ1) is 14.6. The van der Waals surface area contributed by atoms with Gasteiger partial charge in [0.1, 0.15) is 0 Å². The van der Waals surface area contributed by atoms with E-state index in [9.17, 15) is 4.79 Å². The molecule has 0 aromatic carbocycles. The van der Waals surface area contributed by atoms with Gasteiger partial charge in [-0.3, -0.25) is 15.2 Å². The maximum Gasteiger partial charge on any atom is 0.240 e. The highest BCUT2D eigenvalue weighted by Crippen LogP contribution is 2.16. The molecule has 0 saturated heterocycles. The minimum atomic E-state index is -0.484. The van der Waals surface area contributed by atoms with Crippen LogP contribution in [-0.2, 0) is 11.2 Å². The monoisotopic (exact) mass is 250 g/mol. The first-order valence-corrected chi connectivity index (χ1v) is 6.04. The lowest BCUT2D eigenvalue weighted by Gasteiger charge is -2.28. The van der Waals surface area contributed by atoms with Gasteiger partial charge in [0, 0.05) is 25.5 Å². The topological polar surface area (TPSA) is 71.2 Å². The van der Waals surface area contributed by atoms with E-state index in [1.54, 1.807) is 12.4 Å². The molecule has 0 spiro atoms. The number of carbonyl (C=O) groups is 1. The lowest BCUT2D eigenvalue weighted by atomic mass is 9.92. The molecule has 0 fully saturated rings. The Labute approximate surface area is 108 Å². The maximum atomic E-state index is 11.6. The van der Waals surface area contributed by atoms with Gasteiger partial charge >= 0.3 is 0 Å². The SMILES string of the molecule is CN(CCc1ccncc1)CC(C)(C)C(=O)NN. The molecule has 0 atom stereocenters. The fourth-order valence-corrected chi connectivity index (χ4v) is 1.89. The fraction of sp³-hybridized carbons (Fsp3) is 0.538. The Balaban J connectivity index is 2.42. The number of nitrogens with one attached hydrogen (secondary N) is 1. The third kappa shape index (κ3) is 4.43. The molecule has 0 aliphatic rings. The molecule has 0 radical (unpaired) electrons. The van der Waals surface area contributed by atoms with E-state index in [4.69, 9.17) is 5.84 Å². The van der Waals surface area contributed by atoms with Crippen molar-refractivity contribution in [1.82, 2.24) is 15.3 Å². The van der Waals surface area contributed by atoms with E-state index in [0.29, 0.717) is 6.54 Å². The fourth-order valence-electron chi connectivity index (χ4n) is 1.89. The van der Waals surface area contributed by atoms with Gasteiger partial charge < -0.3 is 4.90 Å². The summed E-state index contributed by atoms with van der Waals surface area (Å²) in [5.74, 6) is 5.03. The molecule has 0 aliphatic carbocycles. The molecule has 1 amide bonds. The molecular weight excluding hydrogens is 228 g/mol. The number of rotatable bonds is 6. The number of hydrazine groups is 1. The Morgan fingerprint density at radius 2 is 2.06 bits per heavy atom. The van der Waals surface area contributed by atoms with Crippen LogP contribution < -0.4 is 11.3 Å². The van der Waals surface area contributed by atoms with Gasteiger partial charge in [0.25, 0.3) is 0 Å². The molecule has 1 aromatic heterocycles. The number of likely N-dealkylation sites (N-methyl/N-ethyl adjacent to an activating group) is 1. The Hall–Kier alpha value is -1.46. The molecule has 18 heavy (non-hydrogen) atoms. The average molecular weight is 250 g/mol. The van der Waals surface area contributed by atoms with Crippen molar-refractivity contribution in [2.75, 3.05) is 20.1 Å². The van der Waals surface area contributed by atoms with Gasteiger partial charge in [-0.2, -0.15) is 0 Å². The predicted molar refractivity (Wildman–Crippen MR) is 71.5 cm³/mol. The summed E-state index contributed by atoms with van der Waals surface area (Å²) < 4.78 is 0. The van der Waals surface area contributed by atoms with Gasteiger partial charge in [-0.05, 0) is 45.0 Å². The van der Waals surface area contributed by atoms with Crippen LogP contribution in [0.1, 0.15) is 19.4 Å². The lowest BCUT2D eigenvalue weighted by molar-refractivity contribution is -0.130. The highest BCUT2D eigenvalue weighted by atomic mass is 16.2. The second-order valence-corrected chi connectivity index (χ2v) is 5.20. The van der Waals surface area contributed by atoms with Crippen LogP contribution in [0, 0.1) is 5.41 Å². The van der Waals surface area contributed by atoms with Crippen LogP contribution in [0.2, 0.25) is 0 Å². The van der Waals surface area contributed by atoms with Crippen molar-refractivity contribution in [3.63, 3.8) is 0 Å². The molecule has 1 heterocycles. The summed E-state index contributed by atoms with van der Waals surface area (Å²) in [4.78, 5) is 17.7. The van der Waals surface area contributed by atoms with E-state index in [1.807, 2.05) is 33.0 Å². The van der Waals surface area contributed by atoms with E-state index >= 15 is 0 Å². The van der Waals surface area contributed by atoms with Crippen LogP contribution >= 0.6 is 0 Å². The van der Waals surface area contributed by atoms with E-state index < -0.39 is 5.41 Å². The Morgan fingerprint density at radius 3 is 2.61 bits per heavy atom. The van der Waals surface area contributed by atoms with Crippen LogP contribution in [0.4, 0.5) is 0 Å². The molecule has 0 saturated carbocycles. The van der Waals surface area contributed by atoms with Crippen molar-refractivity contribution in [3.05, 3.63) is 30.1 Å². The number of nitrogens with two attached hydrogens (primary N) is 1. The molecule has 0 unspecified atom stereocenters. The normalized spacial score (nSPS) is 11.6. The van der Waals surface area contributed by atoms with Gasteiger partial charge in [-0.15, -0.1) is 0 Å². The minimum Gasteiger partial charge on any atom is -0.305 e. The second kappa shape index (κ2) is 6.47. The Bertz CT molecular complexity index is 378. The second-order valence-electron chi connectivity index (χ2n) is 5.20. The predicted octanol–water partition coefficient (Wildman–Crippen LogP) is 0.572. The average Bonchev–Trinajstić information content (AvgIpc) is 2.36. The molecule has 5 heteroatoms. The molecule has 0 bridgehead atoms. The van der Waals surface area contributed by atoms with Gasteiger partial charge in [0.05, 0.1) is 5.41 Å². The van der Waals surface area contributed by atoms with E-state index in [-0.39, 0.29) is 5.91 Å². The van der Waals surface area contributed by atoms with Crippen LogP contribution in [0.25, 0.3) is 0 Å². The van der Waals surface area contributed by atoms with Crippen LogP contribution in [0.5, 0.6) is 0 Å².